The van der Waals surface area contributed by atoms with Crippen molar-refractivity contribution in [3.8, 4) is 11.5 Å². The number of hydrogen-bond acceptors (Lipinski definition) is 5. The van der Waals surface area contributed by atoms with Crippen LogP contribution >= 0.6 is 0 Å². The van der Waals surface area contributed by atoms with Crippen molar-refractivity contribution in [2.24, 2.45) is 5.10 Å². The minimum Gasteiger partial charge on any atom is -0.493 e. The second-order valence-corrected chi connectivity index (χ2v) is 7.00. The molecule has 0 spiro atoms. The molecule has 0 radical (unpaired) electrons. The summed E-state index contributed by atoms with van der Waals surface area (Å²) in [5.74, 6) is 0.706. The molecule has 0 fully saturated rings. The Hall–Kier alpha value is -3.61. The van der Waals surface area contributed by atoms with Crippen LogP contribution in [0.15, 0.2) is 47.6 Å². The maximum Gasteiger partial charge on any atom is 0.271 e. The molecule has 2 aromatic carbocycles. The van der Waals surface area contributed by atoms with Gasteiger partial charge < -0.3 is 9.47 Å². The van der Waals surface area contributed by atoms with Crippen LogP contribution in [0, 0.1) is 20.8 Å². The molecule has 3 rings (SSSR count). The molecule has 0 saturated heterocycles. The van der Waals surface area contributed by atoms with E-state index in [0.29, 0.717) is 23.6 Å². The number of rotatable bonds is 7. The SMILES string of the molecule is COc1ccc(C(=O)N/N=C\c2c(C)nn(Cc3ccc(C)cc3)c2C)cc1OC. The average molecular weight is 406 g/mol. The van der Waals surface area contributed by atoms with E-state index in [4.69, 9.17) is 9.47 Å². The van der Waals surface area contributed by atoms with Gasteiger partial charge in [0.1, 0.15) is 0 Å². The number of aromatic nitrogens is 2. The van der Waals surface area contributed by atoms with Gasteiger partial charge in [0.25, 0.3) is 5.91 Å². The summed E-state index contributed by atoms with van der Waals surface area (Å²) in [6.07, 6.45) is 1.63. The zero-order chi connectivity index (χ0) is 21.7. The lowest BCUT2D eigenvalue weighted by atomic mass is 10.1. The van der Waals surface area contributed by atoms with E-state index in [9.17, 15) is 4.79 Å². The highest BCUT2D eigenvalue weighted by Crippen LogP contribution is 2.27. The predicted molar refractivity (Wildman–Crippen MR) is 117 cm³/mol. The molecule has 0 aliphatic heterocycles. The van der Waals surface area contributed by atoms with Crippen LogP contribution in [-0.2, 0) is 6.54 Å². The Morgan fingerprint density at radius 3 is 2.43 bits per heavy atom. The summed E-state index contributed by atoms with van der Waals surface area (Å²) < 4.78 is 12.4. The number of hydrogen-bond donors (Lipinski definition) is 1. The molecular weight excluding hydrogens is 380 g/mol. The van der Waals surface area contributed by atoms with Crippen molar-refractivity contribution in [2.45, 2.75) is 27.3 Å². The molecule has 1 N–H and O–H groups in total. The van der Waals surface area contributed by atoms with Gasteiger partial charge >= 0.3 is 0 Å². The third kappa shape index (κ3) is 4.68. The Bertz CT molecular complexity index is 1070. The zero-order valence-corrected chi connectivity index (χ0v) is 17.9. The fourth-order valence-corrected chi connectivity index (χ4v) is 3.12. The van der Waals surface area contributed by atoms with Gasteiger partial charge in [-0.2, -0.15) is 10.2 Å². The molecule has 0 aliphatic carbocycles. The van der Waals surface area contributed by atoms with E-state index in [-0.39, 0.29) is 5.91 Å². The second-order valence-electron chi connectivity index (χ2n) is 7.00. The lowest BCUT2D eigenvalue weighted by molar-refractivity contribution is 0.0954. The molecule has 0 atom stereocenters. The highest BCUT2D eigenvalue weighted by Gasteiger charge is 2.12. The number of nitrogens with zero attached hydrogens (tertiary/aromatic N) is 3. The summed E-state index contributed by atoms with van der Waals surface area (Å²) in [5.41, 5.74) is 8.10. The van der Waals surface area contributed by atoms with Crippen molar-refractivity contribution >= 4 is 12.1 Å². The maximum atomic E-state index is 12.4. The van der Waals surface area contributed by atoms with Crippen LogP contribution < -0.4 is 14.9 Å². The van der Waals surface area contributed by atoms with Gasteiger partial charge in [-0.15, -0.1) is 0 Å². The summed E-state index contributed by atoms with van der Waals surface area (Å²) in [4.78, 5) is 12.4. The van der Waals surface area contributed by atoms with Gasteiger partial charge in [0.2, 0.25) is 0 Å². The largest absolute Gasteiger partial charge is 0.493 e. The van der Waals surface area contributed by atoms with E-state index in [1.807, 2.05) is 18.5 Å². The summed E-state index contributed by atoms with van der Waals surface area (Å²) in [5, 5.41) is 8.73. The first-order valence-electron chi connectivity index (χ1n) is 9.58. The minimum atomic E-state index is -0.338. The molecule has 7 nitrogen and oxygen atoms in total. The smallest absolute Gasteiger partial charge is 0.271 e. The van der Waals surface area contributed by atoms with E-state index in [0.717, 1.165) is 17.0 Å². The van der Waals surface area contributed by atoms with Crippen molar-refractivity contribution in [1.82, 2.24) is 15.2 Å². The molecule has 0 saturated carbocycles. The van der Waals surface area contributed by atoms with E-state index in [1.54, 1.807) is 31.5 Å². The standard InChI is InChI=1S/C23H26N4O3/c1-15-6-8-18(9-7-15)14-27-17(3)20(16(2)26-27)13-24-25-23(28)19-10-11-21(29-4)22(12-19)30-5/h6-13H,14H2,1-5H3,(H,25,28)/b24-13-. The molecule has 1 amide bonds. The molecule has 7 heteroatoms. The number of carbonyl (C=O) groups is 1. The fourth-order valence-electron chi connectivity index (χ4n) is 3.12. The number of amides is 1. The summed E-state index contributed by atoms with van der Waals surface area (Å²) in [7, 11) is 3.07. The highest BCUT2D eigenvalue weighted by atomic mass is 16.5. The van der Waals surface area contributed by atoms with Crippen molar-refractivity contribution in [1.29, 1.82) is 0 Å². The lowest BCUT2D eigenvalue weighted by Crippen LogP contribution is -2.17. The molecule has 156 valence electrons. The van der Waals surface area contributed by atoms with E-state index in [2.05, 4.69) is 46.8 Å². The van der Waals surface area contributed by atoms with E-state index < -0.39 is 0 Å². The van der Waals surface area contributed by atoms with Crippen LogP contribution in [0.1, 0.15) is 38.4 Å². The van der Waals surface area contributed by atoms with Gasteiger partial charge in [0, 0.05) is 16.8 Å². The Kier molecular flexibility index (Phi) is 6.51. The van der Waals surface area contributed by atoms with Gasteiger partial charge in [-0.05, 0) is 44.5 Å². The summed E-state index contributed by atoms with van der Waals surface area (Å²) >= 11 is 0. The summed E-state index contributed by atoms with van der Waals surface area (Å²) in [6.45, 7) is 6.67. The van der Waals surface area contributed by atoms with Crippen molar-refractivity contribution in [3.63, 3.8) is 0 Å². The Labute approximate surface area is 176 Å². The first kappa shape index (κ1) is 21.1. The van der Waals surface area contributed by atoms with Crippen LogP contribution in [0.3, 0.4) is 0 Å². The number of carbonyl (C=O) groups excluding carboxylic acids is 1. The fraction of sp³-hybridized carbons (Fsp3) is 0.261. The van der Waals surface area contributed by atoms with Gasteiger partial charge in [0.15, 0.2) is 11.5 Å². The quantitative estimate of drug-likeness (QED) is 0.480. The third-order valence-corrected chi connectivity index (χ3v) is 4.90. The average Bonchev–Trinajstić information content (AvgIpc) is 3.02. The van der Waals surface area contributed by atoms with Crippen molar-refractivity contribution in [3.05, 3.63) is 76.1 Å². The Morgan fingerprint density at radius 2 is 1.77 bits per heavy atom. The van der Waals surface area contributed by atoms with E-state index in [1.165, 1.54) is 18.2 Å². The first-order chi connectivity index (χ1) is 14.4. The molecular formula is C23H26N4O3. The minimum absolute atomic E-state index is 0.338. The second kappa shape index (κ2) is 9.26. The number of hydrazone groups is 1. The van der Waals surface area contributed by atoms with Crippen molar-refractivity contribution < 1.29 is 14.3 Å². The predicted octanol–water partition coefficient (Wildman–Crippen LogP) is 3.64. The van der Waals surface area contributed by atoms with Gasteiger partial charge in [-0.3, -0.25) is 9.48 Å². The third-order valence-electron chi connectivity index (χ3n) is 4.90. The molecule has 0 unspecified atom stereocenters. The summed E-state index contributed by atoms with van der Waals surface area (Å²) in [6, 6.07) is 13.3. The lowest BCUT2D eigenvalue weighted by Gasteiger charge is -2.08. The van der Waals surface area contributed by atoms with Crippen LogP contribution in [0.25, 0.3) is 0 Å². The Morgan fingerprint density at radius 1 is 1.07 bits per heavy atom. The van der Waals surface area contributed by atoms with Gasteiger partial charge in [-0.1, -0.05) is 29.8 Å². The molecule has 1 aromatic heterocycles. The molecule has 0 aliphatic rings. The molecule has 3 aromatic rings. The van der Waals surface area contributed by atoms with Crippen molar-refractivity contribution in [2.75, 3.05) is 14.2 Å². The van der Waals surface area contributed by atoms with Crippen LogP contribution in [-0.4, -0.2) is 36.1 Å². The number of aryl methyl sites for hydroxylation is 2. The normalized spacial score (nSPS) is 11.0. The molecule has 30 heavy (non-hydrogen) atoms. The highest BCUT2D eigenvalue weighted by molar-refractivity contribution is 5.95. The molecule has 1 heterocycles. The Balaban J connectivity index is 1.71. The van der Waals surface area contributed by atoms with Gasteiger partial charge in [-0.25, -0.2) is 5.43 Å². The molecule has 0 bridgehead atoms. The maximum absolute atomic E-state index is 12.4. The number of ether oxygens (including phenoxy) is 2. The number of methoxy groups -OCH3 is 2. The first-order valence-corrected chi connectivity index (χ1v) is 9.58. The number of nitrogens with one attached hydrogen (secondary N) is 1. The number of benzene rings is 2. The van der Waals surface area contributed by atoms with Crippen LogP contribution in [0.2, 0.25) is 0 Å². The van der Waals surface area contributed by atoms with Crippen LogP contribution in [0.5, 0.6) is 11.5 Å². The topological polar surface area (TPSA) is 77.7 Å². The van der Waals surface area contributed by atoms with Crippen LogP contribution in [0.4, 0.5) is 0 Å². The van der Waals surface area contributed by atoms with E-state index >= 15 is 0 Å². The zero-order valence-electron chi connectivity index (χ0n) is 17.9. The monoisotopic (exact) mass is 406 g/mol. The van der Waals surface area contributed by atoms with Gasteiger partial charge in [0.05, 0.1) is 32.7 Å².